The van der Waals surface area contributed by atoms with E-state index in [1.54, 1.807) is 7.05 Å². The Morgan fingerprint density at radius 3 is 2.04 bits per heavy atom. The van der Waals surface area contributed by atoms with E-state index in [2.05, 4.69) is 41.3 Å². The van der Waals surface area contributed by atoms with E-state index >= 15 is 0 Å². The van der Waals surface area contributed by atoms with Gasteiger partial charge >= 0.3 is 11.9 Å². The minimum Gasteiger partial charge on any atom is -0.392 e. The van der Waals surface area contributed by atoms with Crippen LogP contribution in [0.3, 0.4) is 0 Å². The van der Waals surface area contributed by atoms with Gasteiger partial charge in [-0.2, -0.15) is 0 Å². The summed E-state index contributed by atoms with van der Waals surface area (Å²) in [6.07, 6.45) is 22.0. The molecule has 0 unspecified atom stereocenters. The van der Waals surface area contributed by atoms with Crippen molar-refractivity contribution in [3.63, 3.8) is 0 Å². The van der Waals surface area contributed by atoms with E-state index < -0.39 is 11.9 Å². The lowest BCUT2D eigenvalue weighted by Crippen LogP contribution is -2.23. The van der Waals surface area contributed by atoms with Crippen LogP contribution in [0.4, 0.5) is 0 Å². The molecule has 1 N–H and O–H groups in total. The molecule has 0 aromatic rings. The molecule has 0 saturated heterocycles. The smallest absolute Gasteiger partial charge is 0.327 e. The standard InChI is InChI=1S/C21H37NO3/c1-3-4-5-6-7-8-9-10-11-12-13-14-15-16-17-18-20(23)25-21(24)19-22-2/h7-8,10-11,22H,3-6,9,12-19H2,1-2H3/b8-7-,11-10-. The average Bonchev–Trinajstić information content (AvgIpc) is 2.58. The Bertz CT molecular complexity index is 389. The molecule has 0 rings (SSSR count). The molecule has 0 amide bonds. The molecule has 0 aromatic carbocycles. The molecule has 0 bridgehead atoms. The molecule has 0 aliphatic carbocycles. The summed E-state index contributed by atoms with van der Waals surface area (Å²) in [7, 11) is 1.65. The van der Waals surface area contributed by atoms with Crippen molar-refractivity contribution in [2.24, 2.45) is 0 Å². The molecular formula is C21H37NO3. The lowest BCUT2D eigenvalue weighted by molar-refractivity contribution is -0.158. The highest BCUT2D eigenvalue weighted by Crippen LogP contribution is 2.08. The lowest BCUT2D eigenvalue weighted by Gasteiger charge is -2.02. The largest absolute Gasteiger partial charge is 0.392 e. The molecule has 4 nitrogen and oxygen atoms in total. The molecule has 144 valence electrons. The molecule has 0 saturated carbocycles. The fourth-order valence-corrected chi connectivity index (χ4v) is 2.44. The number of allylic oxidation sites excluding steroid dienone is 4. The summed E-state index contributed by atoms with van der Waals surface area (Å²) in [5.74, 6) is -0.916. The lowest BCUT2D eigenvalue weighted by atomic mass is 10.1. The Balaban J connectivity index is 3.34. The third kappa shape index (κ3) is 18.8. The first-order valence-electron chi connectivity index (χ1n) is 9.88. The number of esters is 2. The van der Waals surface area contributed by atoms with Crippen LogP contribution in [0.25, 0.3) is 0 Å². The molecule has 25 heavy (non-hydrogen) atoms. The van der Waals surface area contributed by atoms with Crippen molar-refractivity contribution >= 4 is 11.9 Å². The van der Waals surface area contributed by atoms with Gasteiger partial charge in [0.1, 0.15) is 0 Å². The molecule has 0 aliphatic heterocycles. The van der Waals surface area contributed by atoms with Crippen molar-refractivity contribution in [2.45, 2.75) is 84.0 Å². The first kappa shape index (κ1) is 23.6. The van der Waals surface area contributed by atoms with Crippen molar-refractivity contribution in [3.05, 3.63) is 24.3 Å². The molecular weight excluding hydrogens is 314 g/mol. The van der Waals surface area contributed by atoms with Gasteiger partial charge < -0.3 is 10.1 Å². The molecule has 0 aliphatic rings. The van der Waals surface area contributed by atoms with Crippen LogP contribution in [-0.4, -0.2) is 25.5 Å². The Morgan fingerprint density at radius 2 is 1.40 bits per heavy atom. The predicted molar refractivity (Wildman–Crippen MR) is 104 cm³/mol. The summed E-state index contributed by atoms with van der Waals surface area (Å²) < 4.78 is 4.65. The number of carbonyl (C=O) groups excluding carboxylic acids is 2. The third-order valence-electron chi connectivity index (χ3n) is 3.88. The zero-order chi connectivity index (χ0) is 18.6. The van der Waals surface area contributed by atoms with Gasteiger partial charge in [0.05, 0.1) is 6.54 Å². The number of rotatable bonds is 16. The van der Waals surface area contributed by atoms with Crippen molar-refractivity contribution in [2.75, 3.05) is 13.6 Å². The minimum absolute atomic E-state index is 0.0773. The van der Waals surface area contributed by atoms with Gasteiger partial charge in [-0.1, -0.05) is 63.3 Å². The van der Waals surface area contributed by atoms with Gasteiger partial charge in [0, 0.05) is 6.42 Å². The Kier molecular flexibility index (Phi) is 17.8. The molecule has 4 heteroatoms. The van der Waals surface area contributed by atoms with Crippen molar-refractivity contribution < 1.29 is 14.3 Å². The van der Waals surface area contributed by atoms with Crippen LogP contribution >= 0.6 is 0 Å². The number of nitrogens with one attached hydrogen (secondary N) is 1. The summed E-state index contributed by atoms with van der Waals surface area (Å²) >= 11 is 0. The van der Waals surface area contributed by atoms with Gasteiger partial charge in [-0.15, -0.1) is 0 Å². The highest BCUT2D eigenvalue weighted by molar-refractivity contribution is 5.86. The van der Waals surface area contributed by atoms with E-state index in [-0.39, 0.29) is 6.54 Å². The van der Waals surface area contributed by atoms with E-state index in [1.807, 2.05) is 0 Å². The molecule has 0 spiro atoms. The van der Waals surface area contributed by atoms with E-state index in [4.69, 9.17) is 0 Å². The minimum atomic E-state index is -0.505. The molecule has 0 heterocycles. The maximum Gasteiger partial charge on any atom is 0.327 e. The van der Waals surface area contributed by atoms with Crippen LogP contribution in [0.15, 0.2) is 24.3 Å². The average molecular weight is 352 g/mol. The summed E-state index contributed by atoms with van der Waals surface area (Å²) in [5.41, 5.74) is 0. The summed E-state index contributed by atoms with van der Waals surface area (Å²) in [6, 6.07) is 0. The highest BCUT2D eigenvalue weighted by Gasteiger charge is 2.08. The quantitative estimate of drug-likeness (QED) is 0.182. The van der Waals surface area contributed by atoms with Crippen LogP contribution in [0, 0.1) is 0 Å². The van der Waals surface area contributed by atoms with Crippen LogP contribution in [0.5, 0.6) is 0 Å². The SMILES string of the molecule is CCCCC/C=C\C/C=C\CCCCCCCC(=O)OC(=O)CNC. The molecule has 0 atom stereocenters. The van der Waals surface area contributed by atoms with Crippen LogP contribution < -0.4 is 5.32 Å². The first-order valence-corrected chi connectivity index (χ1v) is 9.88. The van der Waals surface area contributed by atoms with E-state index in [9.17, 15) is 9.59 Å². The van der Waals surface area contributed by atoms with Gasteiger partial charge in [0.25, 0.3) is 0 Å². The van der Waals surface area contributed by atoms with Gasteiger partial charge in [-0.3, -0.25) is 9.59 Å². The predicted octanol–water partition coefficient (Wildman–Crippen LogP) is 5.09. The maximum atomic E-state index is 11.4. The summed E-state index contributed by atoms with van der Waals surface area (Å²) in [5, 5.41) is 2.66. The first-order chi connectivity index (χ1) is 12.2. The molecule has 0 fully saturated rings. The Hall–Kier alpha value is -1.42. The van der Waals surface area contributed by atoms with Gasteiger partial charge in [0.15, 0.2) is 0 Å². The maximum absolute atomic E-state index is 11.4. The third-order valence-corrected chi connectivity index (χ3v) is 3.88. The normalized spacial score (nSPS) is 11.4. The van der Waals surface area contributed by atoms with Crippen LogP contribution in [0.2, 0.25) is 0 Å². The number of carbonyl (C=O) groups is 2. The van der Waals surface area contributed by atoms with E-state index in [1.165, 1.54) is 38.5 Å². The van der Waals surface area contributed by atoms with Gasteiger partial charge in [-0.25, -0.2) is 0 Å². The summed E-state index contributed by atoms with van der Waals surface area (Å²) in [4.78, 5) is 22.5. The van der Waals surface area contributed by atoms with Crippen molar-refractivity contribution in [3.8, 4) is 0 Å². The fourth-order valence-electron chi connectivity index (χ4n) is 2.44. The zero-order valence-electron chi connectivity index (χ0n) is 16.2. The Labute approximate surface area is 154 Å². The monoisotopic (exact) mass is 351 g/mol. The highest BCUT2D eigenvalue weighted by atomic mass is 16.6. The Morgan fingerprint density at radius 1 is 0.800 bits per heavy atom. The van der Waals surface area contributed by atoms with Crippen LogP contribution in [-0.2, 0) is 14.3 Å². The second-order valence-electron chi connectivity index (χ2n) is 6.36. The van der Waals surface area contributed by atoms with E-state index in [0.717, 1.165) is 32.1 Å². The second-order valence-corrected chi connectivity index (χ2v) is 6.36. The number of ether oxygens (including phenoxy) is 1. The molecule has 0 radical (unpaired) electrons. The number of unbranched alkanes of at least 4 members (excludes halogenated alkanes) is 8. The number of hydrogen-bond acceptors (Lipinski definition) is 4. The summed E-state index contributed by atoms with van der Waals surface area (Å²) in [6.45, 7) is 2.31. The molecule has 0 aromatic heterocycles. The number of likely N-dealkylation sites (N-methyl/N-ethyl adjacent to an activating group) is 1. The van der Waals surface area contributed by atoms with Crippen molar-refractivity contribution in [1.82, 2.24) is 5.32 Å². The zero-order valence-corrected chi connectivity index (χ0v) is 16.2. The van der Waals surface area contributed by atoms with Gasteiger partial charge in [-0.05, 0) is 45.6 Å². The van der Waals surface area contributed by atoms with Crippen LogP contribution in [0.1, 0.15) is 84.0 Å². The topological polar surface area (TPSA) is 55.4 Å². The van der Waals surface area contributed by atoms with Crippen molar-refractivity contribution in [1.29, 1.82) is 0 Å². The number of hydrogen-bond donors (Lipinski definition) is 1. The van der Waals surface area contributed by atoms with E-state index in [0.29, 0.717) is 6.42 Å². The van der Waals surface area contributed by atoms with Gasteiger partial charge in [0.2, 0.25) is 0 Å². The second kappa shape index (κ2) is 18.9. The fraction of sp³-hybridized carbons (Fsp3) is 0.714.